The molecule has 1 atom stereocenters. The lowest BCUT2D eigenvalue weighted by molar-refractivity contribution is 0.116. The number of benzene rings is 1. The Morgan fingerprint density at radius 1 is 1.39 bits per heavy atom. The highest BCUT2D eigenvalue weighted by Crippen LogP contribution is 2.12. The van der Waals surface area contributed by atoms with E-state index in [0.29, 0.717) is 6.04 Å². The van der Waals surface area contributed by atoms with Crippen LogP contribution in [0.25, 0.3) is 0 Å². The molecule has 0 spiro atoms. The van der Waals surface area contributed by atoms with E-state index in [4.69, 9.17) is 11.6 Å². The first-order valence-electron chi connectivity index (χ1n) is 8.04. The second-order valence-corrected chi connectivity index (χ2v) is 6.75. The molecule has 0 radical (unpaired) electrons. The molecular weight excluding hydrogens is 310 g/mol. The highest BCUT2D eigenvalue weighted by Gasteiger charge is 2.22. The summed E-state index contributed by atoms with van der Waals surface area (Å²) in [4.78, 5) is 11.3. The van der Waals surface area contributed by atoms with Crippen LogP contribution >= 0.6 is 11.6 Å². The van der Waals surface area contributed by atoms with Gasteiger partial charge in [0.2, 0.25) is 0 Å². The average molecular weight is 338 g/mol. The lowest BCUT2D eigenvalue weighted by Gasteiger charge is -2.38. The fraction of sp³-hybridized carbons (Fsp3) is 0.588. The predicted octanol–water partition coefficient (Wildman–Crippen LogP) is 1.59. The molecule has 0 bridgehead atoms. The molecule has 5 nitrogen and oxygen atoms in total. The van der Waals surface area contributed by atoms with Gasteiger partial charge in [0, 0.05) is 57.9 Å². The zero-order valence-electron chi connectivity index (χ0n) is 14.6. The highest BCUT2D eigenvalue weighted by atomic mass is 35.5. The molecule has 1 aliphatic heterocycles. The Labute approximate surface area is 144 Å². The smallest absolute Gasteiger partial charge is 0.193 e. The molecule has 0 saturated carbocycles. The number of halogens is 1. The van der Waals surface area contributed by atoms with Crippen molar-refractivity contribution in [3.63, 3.8) is 0 Å². The Hall–Kier alpha value is -1.30. The van der Waals surface area contributed by atoms with Crippen LogP contribution in [0, 0.1) is 0 Å². The van der Waals surface area contributed by atoms with E-state index in [1.54, 1.807) is 0 Å². The van der Waals surface area contributed by atoms with E-state index in [1.165, 1.54) is 5.56 Å². The van der Waals surface area contributed by atoms with Gasteiger partial charge < -0.3 is 15.1 Å². The molecule has 1 N–H and O–H groups in total. The molecule has 1 aromatic carbocycles. The number of hydrogen-bond donors (Lipinski definition) is 1. The Balaban J connectivity index is 1.89. The molecule has 1 aromatic rings. The maximum atomic E-state index is 6.06. The molecule has 128 valence electrons. The second kappa shape index (κ2) is 8.52. The summed E-state index contributed by atoms with van der Waals surface area (Å²) in [5, 5.41) is 4.27. The first-order chi connectivity index (χ1) is 11.0. The number of hydrogen-bond acceptors (Lipinski definition) is 3. The Morgan fingerprint density at radius 3 is 2.87 bits per heavy atom. The summed E-state index contributed by atoms with van der Waals surface area (Å²) in [6, 6.07) is 8.46. The van der Waals surface area contributed by atoms with E-state index < -0.39 is 0 Å². The van der Waals surface area contributed by atoms with Gasteiger partial charge in [0.25, 0.3) is 0 Å². The zero-order chi connectivity index (χ0) is 16.8. The molecule has 23 heavy (non-hydrogen) atoms. The summed E-state index contributed by atoms with van der Waals surface area (Å²) < 4.78 is 0. The van der Waals surface area contributed by atoms with Crippen LogP contribution in [-0.4, -0.2) is 81.1 Å². The summed E-state index contributed by atoms with van der Waals surface area (Å²) in [5.41, 5.74) is 1.18. The quantitative estimate of drug-likeness (QED) is 0.668. The summed E-state index contributed by atoms with van der Waals surface area (Å²) in [5.74, 6) is 0.909. The number of piperazine rings is 1. The van der Waals surface area contributed by atoms with Gasteiger partial charge in [-0.05, 0) is 31.8 Å². The van der Waals surface area contributed by atoms with Crippen molar-refractivity contribution in [2.45, 2.75) is 12.6 Å². The highest BCUT2D eigenvalue weighted by molar-refractivity contribution is 6.30. The fourth-order valence-electron chi connectivity index (χ4n) is 2.90. The third-order valence-electron chi connectivity index (χ3n) is 4.36. The van der Waals surface area contributed by atoms with Gasteiger partial charge in [-0.1, -0.05) is 23.7 Å². The minimum Gasteiger partial charge on any atom is -0.355 e. The Kier molecular flexibility index (Phi) is 6.69. The van der Waals surface area contributed by atoms with Gasteiger partial charge in [-0.15, -0.1) is 0 Å². The average Bonchev–Trinajstić information content (AvgIpc) is 2.51. The molecule has 1 aliphatic rings. The molecule has 0 aromatic heterocycles. The lowest BCUT2D eigenvalue weighted by atomic mass is 10.2. The number of nitrogens with zero attached hydrogens (tertiary/aromatic N) is 4. The number of rotatable bonds is 4. The number of likely N-dealkylation sites (N-methyl/N-ethyl adjacent to an activating group) is 2. The van der Waals surface area contributed by atoms with Crippen LogP contribution in [0.4, 0.5) is 0 Å². The van der Waals surface area contributed by atoms with Gasteiger partial charge in [0.05, 0.1) is 0 Å². The number of guanidine groups is 1. The van der Waals surface area contributed by atoms with E-state index in [9.17, 15) is 0 Å². The van der Waals surface area contributed by atoms with Gasteiger partial charge in [-0.25, -0.2) is 0 Å². The maximum Gasteiger partial charge on any atom is 0.193 e. The van der Waals surface area contributed by atoms with Crippen molar-refractivity contribution in [1.29, 1.82) is 0 Å². The van der Waals surface area contributed by atoms with Crippen LogP contribution in [0.15, 0.2) is 29.3 Å². The van der Waals surface area contributed by atoms with Crippen molar-refractivity contribution in [2.24, 2.45) is 4.99 Å². The van der Waals surface area contributed by atoms with Gasteiger partial charge in [-0.3, -0.25) is 9.89 Å². The largest absolute Gasteiger partial charge is 0.355 e. The van der Waals surface area contributed by atoms with E-state index in [0.717, 1.165) is 43.7 Å². The summed E-state index contributed by atoms with van der Waals surface area (Å²) in [6.45, 7) is 5.00. The van der Waals surface area contributed by atoms with E-state index in [2.05, 4.69) is 45.2 Å². The van der Waals surface area contributed by atoms with Crippen LogP contribution < -0.4 is 5.32 Å². The van der Waals surface area contributed by atoms with Crippen molar-refractivity contribution in [3.8, 4) is 0 Å². The minimum absolute atomic E-state index is 0.505. The molecule has 0 aliphatic carbocycles. The van der Waals surface area contributed by atoms with Crippen molar-refractivity contribution in [2.75, 3.05) is 54.4 Å². The van der Waals surface area contributed by atoms with Crippen LogP contribution in [0.1, 0.15) is 5.56 Å². The lowest BCUT2D eigenvalue weighted by Crippen LogP contribution is -2.55. The standard InChI is InChI=1S/C17H28ClN5/c1-19-17(20-11-16-13-21(2)8-9-22(16)3)23(4)12-14-6-5-7-15(18)10-14/h5-7,10,16H,8-9,11-13H2,1-4H3,(H,19,20). The predicted molar refractivity (Wildman–Crippen MR) is 98.2 cm³/mol. The van der Waals surface area contributed by atoms with Gasteiger partial charge in [0.15, 0.2) is 5.96 Å². The number of nitrogens with one attached hydrogen (secondary N) is 1. The molecule has 6 heteroatoms. The topological polar surface area (TPSA) is 34.1 Å². The van der Waals surface area contributed by atoms with Gasteiger partial charge >= 0.3 is 0 Å². The van der Waals surface area contributed by atoms with E-state index in [-0.39, 0.29) is 0 Å². The van der Waals surface area contributed by atoms with E-state index in [1.807, 2.05) is 32.3 Å². The third-order valence-corrected chi connectivity index (χ3v) is 4.59. The van der Waals surface area contributed by atoms with Gasteiger partial charge in [0.1, 0.15) is 0 Å². The Bertz CT molecular complexity index is 533. The minimum atomic E-state index is 0.505. The molecule has 1 heterocycles. The van der Waals surface area contributed by atoms with Crippen LogP contribution in [0.5, 0.6) is 0 Å². The van der Waals surface area contributed by atoms with Crippen LogP contribution in [0.3, 0.4) is 0 Å². The fourth-order valence-corrected chi connectivity index (χ4v) is 3.11. The van der Waals surface area contributed by atoms with Crippen molar-refractivity contribution < 1.29 is 0 Å². The zero-order valence-corrected chi connectivity index (χ0v) is 15.3. The molecular formula is C17H28ClN5. The molecule has 0 amide bonds. The first kappa shape index (κ1) is 18.0. The van der Waals surface area contributed by atoms with Crippen LogP contribution in [0.2, 0.25) is 5.02 Å². The summed E-state index contributed by atoms with van der Waals surface area (Å²) in [7, 11) is 8.25. The molecule has 2 rings (SSSR count). The normalized spacial score (nSPS) is 20.6. The van der Waals surface area contributed by atoms with Crippen LogP contribution in [-0.2, 0) is 6.54 Å². The molecule has 1 fully saturated rings. The number of aliphatic imine (C=N–C) groups is 1. The van der Waals surface area contributed by atoms with Crippen molar-refractivity contribution >= 4 is 17.6 Å². The van der Waals surface area contributed by atoms with Crippen molar-refractivity contribution in [1.82, 2.24) is 20.0 Å². The Morgan fingerprint density at radius 2 is 2.17 bits per heavy atom. The molecule has 1 unspecified atom stereocenters. The van der Waals surface area contributed by atoms with Gasteiger partial charge in [-0.2, -0.15) is 0 Å². The van der Waals surface area contributed by atoms with E-state index >= 15 is 0 Å². The van der Waals surface area contributed by atoms with Crippen molar-refractivity contribution in [3.05, 3.63) is 34.9 Å². The monoisotopic (exact) mass is 337 g/mol. The molecule has 1 saturated heterocycles. The summed E-state index contributed by atoms with van der Waals surface area (Å²) >= 11 is 6.06. The second-order valence-electron chi connectivity index (χ2n) is 6.31. The summed E-state index contributed by atoms with van der Waals surface area (Å²) in [6.07, 6.45) is 0. The SMILES string of the molecule is CN=C(NCC1CN(C)CCN1C)N(C)Cc1cccc(Cl)c1. The first-order valence-corrected chi connectivity index (χ1v) is 8.42. The third kappa shape index (κ3) is 5.37. The maximum absolute atomic E-state index is 6.06.